The van der Waals surface area contributed by atoms with Crippen LogP contribution in [0.2, 0.25) is 0 Å². The van der Waals surface area contributed by atoms with Crippen LogP contribution in [0.4, 0.5) is 20.3 Å². The topological polar surface area (TPSA) is 94.0 Å². The first-order chi connectivity index (χ1) is 11.8. The normalized spacial score (nSPS) is 16.2. The molecule has 0 bridgehead atoms. The lowest BCUT2D eigenvalue weighted by molar-refractivity contribution is -0.0267. The Kier molecular flexibility index (Phi) is 3.60. The third-order valence-electron chi connectivity index (χ3n) is 4.15. The van der Waals surface area contributed by atoms with Crippen LogP contribution in [-0.4, -0.2) is 39.3 Å². The Morgan fingerprint density at radius 3 is 2.76 bits per heavy atom. The smallest absolute Gasteiger partial charge is 0.282 e. The van der Waals surface area contributed by atoms with E-state index in [1.165, 1.54) is 4.90 Å². The Hall–Kier alpha value is -2.36. The van der Waals surface area contributed by atoms with Gasteiger partial charge in [0.15, 0.2) is 5.52 Å². The number of hydrogen-bond acceptors (Lipinski definition) is 7. The Morgan fingerprint density at radius 1 is 1.28 bits per heavy atom. The lowest BCUT2D eigenvalue weighted by atomic mass is 10.0. The van der Waals surface area contributed by atoms with E-state index in [2.05, 4.69) is 40.8 Å². The third kappa shape index (κ3) is 2.80. The van der Waals surface area contributed by atoms with Gasteiger partial charge in [-0.1, -0.05) is 0 Å². The van der Waals surface area contributed by atoms with Gasteiger partial charge in [0.1, 0.15) is 5.82 Å². The number of alkyl halides is 2. The summed E-state index contributed by atoms with van der Waals surface area (Å²) in [7, 11) is 0. The number of hydrogen-bond donors (Lipinski definition) is 1. The molecule has 1 aliphatic heterocycles. The van der Waals surface area contributed by atoms with Gasteiger partial charge in [-0.2, -0.15) is 0 Å². The average molecular weight is 411 g/mol. The van der Waals surface area contributed by atoms with Gasteiger partial charge >= 0.3 is 0 Å². The van der Waals surface area contributed by atoms with Gasteiger partial charge in [-0.15, -0.1) is 0 Å². The number of aryl methyl sites for hydroxylation is 1. The SMILES string of the molecule is Cc1nc2nonc2c(N)c1Cc1ccc(Br)c(N2CC(F)(F)C2)n1. The maximum Gasteiger partial charge on any atom is 0.282 e. The van der Waals surface area contributed by atoms with Crippen molar-refractivity contribution in [1.82, 2.24) is 20.3 Å². The fourth-order valence-corrected chi connectivity index (χ4v) is 3.32. The number of nitrogen functional groups attached to an aromatic ring is 1. The van der Waals surface area contributed by atoms with Crippen molar-refractivity contribution in [1.29, 1.82) is 0 Å². The molecule has 0 aromatic carbocycles. The zero-order valence-electron chi connectivity index (χ0n) is 13.1. The van der Waals surface area contributed by atoms with E-state index in [0.717, 1.165) is 5.56 Å². The molecular weight excluding hydrogens is 398 g/mol. The quantitative estimate of drug-likeness (QED) is 0.708. The minimum atomic E-state index is -2.66. The Bertz CT molecular complexity index is 968. The lowest BCUT2D eigenvalue weighted by Crippen LogP contribution is -2.56. The first kappa shape index (κ1) is 16.1. The molecule has 0 atom stereocenters. The van der Waals surface area contributed by atoms with Crippen LogP contribution in [-0.2, 0) is 6.42 Å². The largest absolute Gasteiger partial charge is 0.396 e. The molecule has 0 spiro atoms. The van der Waals surface area contributed by atoms with E-state index in [0.29, 0.717) is 45.0 Å². The monoisotopic (exact) mass is 410 g/mol. The second-order valence-electron chi connectivity index (χ2n) is 6.02. The predicted octanol–water partition coefficient (Wildman–Crippen LogP) is 2.71. The van der Waals surface area contributed by atoms with E-state index in [-0.39, 0.29) is 13.1 Å². The molecule has 3 aromatic heterocycles. The van der Waals surface area contributed by atoms with Gasteiger partial charge < -0.3 is 10.6 Å². The zero-order valence-corrected chi connectivity index (χ0v) is 14.7. The van der Waals surface area contributed by atoms with E-state index >= 15 is 0 Å². The Labute approximate surface area is 149 Å². The second kappa shape index (κ2) is 5.58. The highest BCUT2D eigenvalue weighted by atomic mass is 79.9. The summed E-state index contributed by atoms with van der Waals surface area (Å²) >= 11 is 3.37. The van der Waals surface area contributed by atoms with Crippen LogP contribution in [0.25, 0.3) is 11.2 Å². The number of nitrogens with zero attached hydrogens (tertiary/aromatic N) is 5. The molecule has 0 aliphatic carbocycles. The second-order valence-corrected chi connectivity index (χ2v) is 6.88. The maximum atomic E-state index is 13.1. The molecular formula is C15H13BrF2N6O. The summed E-state index contributed by atoms with van der Waals surface area (Å²) in [5.74, 6) is -2.16. The van der Waals surface area contributed by atoms with Gasteiger partial charge in [-0.05, 0) is 45.3 Å². The molecule has 0 amide bonds. The van der Waals surface area contributed by atoms with E-state index in [1.807, 2.05) is 13.0 Å². The van der Waals surface area contributed by atoms with E-state index in [1.54, 1.807) is 6.07 Å². The van der Waals surface area contributed by atoms with Gasteiger partial charge in [0, 0.05) is 23.4 Å². The summed E-state index contributed by atoms with van der Waals surface area (Å²) in [6.45, 7) is 1.15. The molecule has 2 N–H and O–H groups in total. The van der Waals surface area contributed by atoms with Crippen LogP contribution < -0.4 is 10.6 Å². The fraction of sp³-hybridized carbons (Fsp3) is 0.333. The van der Waals surface area contributed by atoms with Crippen molar-refractivity contribution >= 4 is 38.6 Å². The highest BCUT2D eigenvalue weighted by Gasteiger charge is 2.45. The van der Waals surface area contributed by atoms with Gasteiger partial charge in [0.25, 0.3) is 5.92 Å². The van der Waals surface area contributed by atoms with Crippen LogP contribution in [0, 0.1) is 6.92 Å². The molecule has 130 valence electrons. The summed E-state index contributed by atoms with van der Waals surface area (Å²) < 4.78 is 31.6. The molecule has 1 saturated heterocycles. The molecule has 4 rings (SSSR count). The summed E-state index contributed by atoms with van der Waals surface area (Å²) in [5.41, 5.74) is 9.51. The number of rotatable bonds is 3. The molecule has 3 aromatic rings. The van der Waals surface area contributed by atoms with Gasteiger partial charge in [0.05, 0.1) is 23.2 Å². The number of anilines is 2. The minimum Gasteiger partial charge on any atom is -0.396 e. The number of aromatic nitrogens is 4. The first-order valence-corrected chi connectivity index (χ1v) is 8.29. The molecule has 25 heavy (non-hydrogen) atoms. The lowest BCUT2D eigenvalue weighted by Gasteiger charge is -2.40. The fourth-order valence-electron chi connectivity index (χ4n) is 2.85. The van der Waals surface area contributed by atoms with Crippen molar-refractivity contribution in [3.05, 3.63) is 33.6 Å². The standard InChI is InChI=1S/C15H13BrF2N6O/c1-7-9(11(19)12-13(20-7)23-25-22-12)4-8-2-3-10(16)14(21-8)24-5-15(17,18)6-24/h2-3H,4-6,19H2,1H3. The van der Waals surface area contributed by atoms with Crippen molar-refractivity contribution in [2.45, 2.75) is 19.3 Å². The Balaban J connectivity index is 1.68. The van der Waals surface area contributed by atoms with Crippen molar-refractivity contribution in [2.24, 2.45) is 0 Å². The van der Waals surface area contributed by atoms with Crippen molar-refractivity contribution in [3.8, 4) is 0 Å². The molecule has 0 radical (unpaired) electrons. The summed E-state index contributed by atoms with van der Waals surface area (Å²) in [6.07, 6.45) is 0.401. The number of fused-ring (bicyclic) bond motifs is 1. The molecule has 1 aliphatic rings. The summed E-state index contributed by atoms with van der Waals surface area (Å²) in [5, 5.41) is 7.46. The highest BCUT2D eigenvalue weighted by molar-refractivity contribution is 9.10. The van der Waals surface area contributed by atoms with Crippen LogP contribution in [0.15, 0.2) is 21.2 Å². The van der Waals surface area contributed by atoms with Crippen LogP contribution in [0.5, 0.6) is 0 Å². The number of nitrogens with two attached hydrogens (primary N) is 1. The van der Waals surface area contributed by atoms with Gasteiger partial charge in [-0.3, -0.25) is 0 Å². The van der Waals surface area contributed by atoms with Crippen molar-refractivity contribution in [2.75, 3.05) is 23.7 Å². The number of pyridine rings is 2. The third-order valence-corrected chi connectivity index (χ3v) is 4.77. The number of halogens is 3. The summed E-state index contributed by atoms with van der Waals surface area (Å²) in [6, 6.07) is 3.61. The van der Waals surface area contributed by atoms with Gasteiger partial charge in [-0.25, -0.2) is 23.4 Å². The van der Waals surface area contributed by atoms with E-state index in [4.69, 9.17) is 5.73 Å². The van der Waals surface area contributed by atoms with Crippen LogP contribution in [0.1, 0.15) is 17.0 Å². The molecule has 0 unspecified atom stereocenters. The van der Waals surface area contributed by atoms with Crippen molar-refractivity contribution in [3.63, 3.8) is 0 Å². The van der Waals surface area contributed by atoms with E-state index < -0.39 is 5.92 Å². The molecule has 1 fully saturated rings. The highest BCUT2D eigenvalue weighted by Crippen LogP contribution is 2.35. The zero-order chi connectivity index (χ0) is 17.8. The maximum absolute atomic E-state index is 13.1. The minimum absolute atomic E-state index is 0.332. The Morgan fingerprint density at radius 2 is 2.04 bits per heavy atom. The average Bonchev–Trinajstić information content (AvgIpc) is 2.99. The molecule has 7 nitrogen and oxygen atoms in total. The summed E-state index contributed by atoms with van der Waals surface area (Å²) in [4.78, 5) is 10.4. The predicted molar refractivity (Wildman–Crippen MR) is 90.7 cm³/mol. The van der Waals surface area contributed by atoms with E-state index in [9.17, 15) is 8.78 Å². The van der Waals surface area contributed by atoms with Crippen LogP contribution in [0.3, 0.4) is 0 Å². The molecule has 0 saturated carbocycles. The van der Waals surface area contributed by atoms with Gasteiger partial charge in [0.2, 0.25) is 5.65 Å². The molecule has 4 heterocycles. The van der Waals surface area contributed by atoms with Crippen molar-refractivity contribution < 1.29 is 13.4 Å². The first-order valence-electron chi connectivity index (χ1n) is 7.49. The van der Waals surface area contributed by atoms with Crippen LogP contribution >= 0.6 is 15.9 Å². The molecule has 10 heteroatoms.